The number of thioether (sulfide) groups is 1. The quantitative estimate of drug-likeness (QED) is 0.538. The number of rotatable bonds is 6. The van der Waals surface area contributed by atoms with Crippen LogP contribution in [0, 0.1) is 27.3 Å². The van der Waals surface area contributed by atoms with Gasteiger partial charge in [0.1, 0.15) is 11.5 Å². The lowest BCUT2D eigenvalue weighted by molar-refractivity contribution is -0.383. The molecule has 10 heteroatoms. The highest BCUT2D eigenvalue weighted by Gasteiger charge is 2.31. The number of hydrogen-bond donors (Lipinski definition) is 2. The first-order valence-corrected chi connectivity index (χ1v) is 9.74. The molecule has 2 amide bonds. The minimum atomic E-state index is -0.759. The van der Waals surface area contributed by atoms with Gasteiger partial charge in [0.2, 0.25) is 11.8 Å². The summed E-state index contributed by atoms with van der Waals surface area (Å²) in [4.78, 5) is 34.8. The number of nitrogens with one attached hydrogen (secondary N) is 2. The minimum absolute atomic E-state index is 0.0412. The maximum Gasteiger partial charge on any atom is 0.292 e. The molecule has 1 aliphatic rings. The summed E-state index contributed by atoms with van der Waals surface area (Å²) in [6, 6.07) is 13.6. The van der Waals surface area contributed by atoms with Crippen LogP contribution in [-0.2, 0) is 9.59 Å². The molecule has 0 radical (unpaired) electrons. The number of amides is 2. The molecule has 30 heavy (non-hydrogen) atoms. The van der Waals surface area contributed by atoms with Crippen LogP contribution < -0.4 is 10.6 Å². The van der Waals surface area contributed by atoms with Gasteiger partial charge < -0.3 is 10.6 Å². The summed E-state index contributed by atoms with van der Waals surface area (Å²) in [5.74, 6) is -2.45. The summed E-state index contributed by atoms with van der Waals surface area (Å²) in [6.45, 7) is 0. The Balaban J connectivity index is 1.78. The molecular weight excluding hydrogens is 411 g/mol. The predicted molar refractivity (Wildman–Crippen MR) is 109 cm³/mol. The number of allylic oxidation sites excluding steroid dienone is 1. The first-order chi connectivity index (χ1) is 14.4. The molecule has 2 aromatic carbocycles. The van der Waals surface area contributed by atoms with Gasteiger partial charge in [-0.2, -0.15) is 5.26 Å². The first-order valence-electron chi connectivity index (χ1n) is 8.75. The van der Waals surface area contributed by atoms with Crippen LogP contribution in [-0.4, -0.2) is 22.5 Å². The van der Waals surface area contributed by atoms with Crippen molar-refractivity contribution in [1.82, 2.24) is 5.32 Å². The van der Waals surface area contributed by atoms with Crippen molar-refractivity contribution in [2.45, 2.75) is 12.3 Å². The fourth-order valence-electron chi connectivity index (χ4n) is 3.02. The minimum Gasteiger partial charge on any atom is -0.320 e. The van der Waals surface area contributed by atoms with Crippen LogP contribution in [0.15, 0.2) is 59.1 Å². The van der Waals surface area contributed by atoms with Gasteiger partial charge in [-0.25, -0.2) is 4.39 Å². The van der Waals surface area contributed by atoms with Gasteiger partial charge in [-0.05, 0) is 17.7 Å². The lowest BCUT2D eigenvalue weighted by Gasteiger charge is -2.25. The van der Waals surface area contributed by atoms with Crippen molar-refractivity contribution in [3.63, 3.8) is 0 Å². The Kier molecular flexibility index (Phi) is 6.44. The van der Waals surface area contributed by atoms with E-state index in [-0.39, 0.29) is 39.7 Å². The molecule has 1 atom stereocenters. The summed E-state index contributed by atoms with van der Waals surface area (Å²) in [5.41, 5.74) is 0.174. The number of nitriles is 1. The van der Waals surface area contributed by atoms with Gasteiger partial charge in [-0.3, -0.25) is 19.7 Å². The second kappa shape index (κ2) is 9.19. The van der Waals surface area contributed by atoms with Gasteiger partial charge in [0.25, 0.3) is 5.69 Å². The molecule has 0 unspecified atom stereocenters. The highest BCUT2D eigenvalue weighted by atomic mass is 32.2. The first kappa shape index (κ1) is 21.0. The third-order valence-corrected chi connectivity index (χ3v) is 5.38. The maximum atomic E-state index is 14.2. The van der Waals surface area contributed by atoms with Crippen LogP contribution in [0.5, 0.6) is 0 Å². The van der Waals surface area contributed by atoms with Crippen molar-refractivity contribution in [2.24, 2.45) is 0 Å². The predicted octanol–water partition coefficient (Wildman–Crippen LogP) is 3.44. The van der Waals surface area contributed by atoms with E-state index in [2.05, 4.69) is 10.6 Å². The van der Waals surface area contributed by atoms with E-state index in [0.29, 0.717) is 0 Å². The second-order valence-corrected chi connectivity index (χ2v) is 7.28. The van der Waals surface area contributed by atoms with Crippen molar-refractivity contribution in [3.8, 4) is 6.07 Å². The Bertz CT molecular complexity index is 1100. The molecule has 0 aliphatic carbocycles. The lowest BCUT2D eigenvalue weighted by Crippen LogP contribution is -2.31. The molecule has 0 saturated heterocycles. The van der Waals surface area contributed by atoms with Crippen LogP contribution in [0.4, 0.5) is 15.8 Å². The Morgan fingerprint density at radius 1 is 1.30 bits per heavy atom. The van der Waals surface area contributed by atoms with Crippen LogP contribution in [0.3, 0.4) is 0 Å². The molecule has 2 N–H and O–H groups in total. The van der Waals surface area contributed by atoms with Crippen molar-refractivity contribution in [3.05, 3.63) is 80.6 Å². The molecule has 0 spiro atoms. The van der Waals surface area contributed by atoms with Gasteiger partial charge in [-0.15, -0.1) is 0 Å². The second-order valence-electron chi connectivity index (χ2n) is 6.29. The maximum absolute atomic E-state index is 14.2. The molecule has 0 bridgehead atoms. The number of carbonyl (C=O) groups is 2. The molecule has 0 fully saturated rings. The van der Waals surface area contributed by atoms with Crippen LogP contribution in [0.1, 0.15) is 17.9 Å². The molecule has 0 aromatic heterocycles. The van der Waals surface area contributed by atoms with Crippen LogP contribution >= 0.6 is 11.8 Å². The smallest absolute Gasteiger partial charge is 0.292 e. The number of halogens is 1. The average molecular weight is 426 g/mol. The molecule has 8 nitrogen and oxygen atoms in total. The van der Waals surface area contributed by atoms with E-state index in [4.69, 9.17) is 0 Å². The fraction of sp³-hybridized carbons (Fsp3) is 0.150. The van der Waals surface area contributed by atoms with E-state index in [1.54, 1.807) is 12.1 Å². The summed E-state index contributed by atoms with van der Waals surface area (Å²) in [5, 5.41) is 25.8. The number of nitrogens with zero attached hydrogens (tertiary/aromatic N) is 2. The van der Waals surface area contributed by atoms with Crippen LogP contribution in [0.25, 0.3) is 0 Å². The van der Waals surface area contributed by atoms with E-state index in [9.17, 15) is 29.4 Å². The van der Waals surface area contributed by atoms with Gasteiger partial charge in [0, 0.05) is 18.4 Å². The lowest BCUT2D eigenvalue weighted by atomic mass is 9.87. The summed E-state index contributed by atoms with van der Waals surface area (Å²) < 4.78 is 14.2. The number of nitro benzene ring substituents is 1. The van der Waals surface area contributed by atoms with Gasteiger partial charge in [0.05, 0.1) is 27.3 Å². The summed E-state index contributed by atoms with van der Waals surface area (Å²) >= 11 is 0.901. The number of carbonyl (C=O) groups excluding carboxylic acids is 2. The zero-order chi connectivity index (χ0) is 21.7. The number of nitro groups is 1. The number of hydrogen-bond acceptors (Lipinski definition) is 6. The third-order valence-electron chi connectivity index (χ3n) is 4.36. The molecule has 0 saturated carbocycles. The average Bonchev–Trinajstić information content (AvgIpc) is 2.72. The van der Waals surface area contributed by atoms with Crippen molar-refractivity contribution in [2.75, 3.05) is 11.1 Å². The van der Waals surface area contributed by atoms with E-state index >= 15 is 0 Å². The molecular formula is C20H15FN4O4S. The highest BCUT2D eigenvalue weighted by Crippen LogP contribution is 2.37. The number of anilines is 1. The molecule has 3 rings (SSSR count). The highest BCUT2D eigenvalue weighted by molar-refractivity contribution is 8.03. The third kappa shape index (κ3) is 4.64. The summed E-state index contributed by atoms with van der Waals surface area (Å²) in [6.07, 6.45) is -0.0870. The Hall–Kier alpha value is -3.71. The van der Waals surface area contributed by atoms with E-state index in [0.717, 1.165) is 11.8 Å². The van der Waals surface area contributed by atoms with E-state index < -0.39 is 28.5 Å². The molecule has 1 heterocycles. The molecule has 1 aliphatic heterocycles. The Morgan fingerprint density at radius 2 is 2.00 bits per heavy atom. The van der Waals surface area contributed by atoms with Crippen LogP contribution in [0.2, 0.25) is 0 Å². The van der Waals surface area contributed by atoms with Crippen molar-refractivity contribution < 1.29 is 18.9 Å². The molecule has 152 valence electrons. The monoisotopic (exact) mass is 426 g/mol. The zero-order valence-corrected chi connectivity index (χ0v) is 16.2. The van der Waals surface area contributed by atoms with E-state index in [1.807, 2.05) is 6.07 Å². The normalized spacial score (nSPS) is 15.9. The van der Waals surface area contributed by atoms with E-state index in [1.165, 1.54) is 36.4 Å². The topological polar surface area (TPSA) is 125 Å². The van der Waals surface area contributed by atoms with Gasteiger partial charge >= 0.3 is 0 Å². The van der Waals surface area contributed by atoms with Crippen molar-refractivity contribution >= 4 is 35.0 Å². The zero-order valence-electron chi connectivity index (χ0n) is 15.4. The van der Waals surface area contributed by atoms with Crippen molar-refractivity contribution in [1.29, 1.82) is 5.26 Å². The fourth-order valence-corrected chi connectivity index (χ4v) is 3.90. The summed E-state index contributed by atoms with van der Waals surface area (Å²) in [7, 11) is 0. The standard InChI is InChI=1S/C20H15FN4O4S/c21-15-6-2-1-5-12(15)13-9-18(26)24-20(14(13)10-22)30-11-19(27)23-16-7-3-4-8-17(16)25(28)29/h1-8,13H,9,11H2,(H,23,27)(H,24,26)/t13-/m1/s1. The van der Waals surface area contributed by atoms with Gasteiger partial charge in [-0.1, -0.05) is 42.1 Å². The number of benzene rings is 2. The Morgan fingerprint density at radius 3 is 2.70 bits per heavy atom. The number of para-hydroxylation sites is 2. The molecule has 2 aromatic rings. The van der Waals surface area contributed by atoms with Gasteiger partial charge in [0.15, 0.2) is 0 Å². The Labute approximate surface area is 174 Å². The largest absolute Gasteiger partial charge is 0.320 e. The SMILES string of the molecule is N#CC1=C(SCC(=O)Nc2ccccc2[N+](=O)[O-])NC(=O)C[C@@H]1c1ccccc1F.